The molecule has 16 heavy (non-hydrogen) atoms. The minimum absolute atomic E-state index is 0.0177. The third-order valence-electron chi connectivity index (χ3n) is 2.56. The van der Waals surface area contributed by atoms with Gasteiger partial charge in [-0.3, -0.25) is 4.79 Å². The van der Waals surface area contributed by atoms with Crippen LogP contribution in [-0.2, 0) is 4.79 Å². The molecule has 1 aromatic carbocycles. The molecular formula is C11H12Cl2N2O. The van der Waals surface area contributed by atoms with E-state index >= 15 is 0 Å². The Morgan fingerprint density at radius 2 is 2.19 bits per heavy atom. The molecule has 0 bridgehead atoms. The van der Waals surface area contributed by atoms with Gasteiger partial charge in [-0.25, -0.2) is 0 Å². The summed E-state index contributed by atoms with van der Waals surface area (Å²) >= 11 is 11.6. The molecule has 1 aliphatic rings. The maximum Gasteiger partial charge on any atom is 0.241 e. The van der Waals surface area contributed by atoms with Crippen LogP contribution in [0, 0.1) is 0 Å². The summed E-state index contributed by atoms with van der Waals surface area (Å²) in [6.07, 6.45) is 1.92. The Morgan fingerprint density at radius 1 is 1.38 bits per heavy atom. The van der Waals surface area contributed by atoms with Crippen LogP contribution in [0.3, 0.4) is 0 Å². The SMILES string of the molecule is O=C(Nc1ccc(Cl)c(Cl)c1)[C@H]1CCCN1. The Bertz CT molecular complexity index is 403. The summed E-state index contributed by atoms with van der Waals surface area (Å²) < 4.78 is 0. The first-order chi connectivity index (χ1) is 7.66. The van der Waals surface area contributed by atoms with E-state index in [0.29, 0.717) is 15.7 Å². The van der Waals surface area contributed by atoms with Crippen LogP contribution >= 0.6 is 23.2 Å². The lowest BCUT2D eigenvalue weighted by Crippen LogP contribution is -2.35. The van der Waals surface area contributed by atoms with E-state index in [4.69, 9.17) is 23.2 Å². The second-order valence-corrected chi connectivity index (χ2v) is 4.58. The third-order valence-corrected chi connectivity index (χ3v) is 3.30. The van der Waals surface area contributed by atoms with Crippen LogP contribution < -0.4 is 10.6 Å². The number of amides is 1. The molecular weight excluding hydrogens is 247 g/mol. The molecule has 1 aliphatic heterocycles. The van der Waals surface area contributed by atoms with Crippen molar-refractivity contribution >= 4 is 34.8 Å². The fourth-order valence-electron chi connectivity index (χ4n) is 1.71. The Kier molecular flexibility index (Phi) is 3.69. The van der Waals surface area contributed by atoms with Crippen molar-refractivity contribution in [1.29, 1.82) is 0 Å². The first kappa shape index (κ1) is 11.7. The van der Waals surface area contributed by atoms with E-state index in [0.717, 1.165) is 19.4 Å². The molecule has 1 heterocycles. The van der Waals surface area contributed by atoms with Gasteiger partial charge < -0.3 is 10.6 Å². The number of anilines is 1. The lowest BCUT2D eigenvalue weighted by atomic mass is 10.2. The Balaban J connectivity index is 2.02. The van der Waals surface area contributed by atoms with Crippen LogP contribution in [0.2, 0.25) is 10.0 Å². The minimum Gasteiger partial charge on any atom is -0.325 e. The first-order valence-electron chi connectivity index (χ1n) is 5.16. The molecule has 0 aliphatic carbocycles. The van der Waals surface area contributed by atoms with Crippen molar-refractivity contribution in [2.45, 2.75) is 18.9 Å². The van der Waals surface area contributed by atoms with Crippen LogP contribution in [0.15, 0.2) is 18.2 Å². The molecule has 0 spiro atoms. The molecule has 1 aromatic rings. The summed E-state index contributed by atoms with van der Waals surface area (Å²) in [5.41, 5.74) is 0.674. The van der Waals surface area contributed by atoms with E-state index in [1.807, 2.05) is 0 Å². The molecule has 1 fully saturated rings. The summed E-state index contributed by atoms with van der Waals surface area (Å²) in [6.45, 7) is 0.902. The van der Waals surface area contributed by atoms with Crippen molar-refractivity contribution in [3.63, 3.8) is 0 Å². The van der Waals surface area contributed by atoms with E-state index in [1.165, 1.54) is 0 Å². The fraction of sp³-hybridized carbons (Fsp3) is 0.364. The summed E-state index contributed by atoms with van der Waals surface area (Å²) in [6, 6.07) is 4.97. The van der Waals surface area contributed by atoms with Crippen molar-refractivity contribution in [2.75, 3.05) is 11.9 Å². The van der Waals surface area contributed by atoms with Gasteiger partial charge in [0.05, 0.1) is 16.1 Å². The number of halogens is 2. The number of benzene rings is 1. The normalized spacial score (nSPS) is 19.8. The summed E-state index contributed by atoms with van der Waals surface area (Å²) in [5, 5.41) is 6.87. The number of carbonyl (C=O) groups is 1. The van der Waals surface area contributed by atoms with Crippen LogP contribution in [0.25, 0.3) is 0 Å². The number of carbonyl (C=O) groups excluding carboxylic acids is 1. The van der Waals surface area contributed by atoms with E-state index in [-0.39, 0.29) is 11.9 Å². The zero-order valence-corrected chi connectivity index (χ0v) is 10.1. The van der Waals surface area contributed by atoms with Gasteiger partial charge in [0.15, 0.2) is 0 Å². The highest BCUT2D eigenvalue weighted by atomic mass is 35.5. The molecule has 1 amide bonds. The number of nitrogens with one attached hydrogen (secondary N) is 2. The van der Waals surface area contributed by atoms with Gasteiger partial charge in [-0.15, -0.1) is 0 Å². The number of hydrogen-bond donors (Lipinski definition) is 2. The maximum absolute atomic E-state index is 11.8. The molecule has 5 heteroatoms. The van der Waals surface area contributed by atoms with Crippen molar-refractivity contribution < 1.29 is 4.79 Å². The zero-order valence-electron chi connectivity index (χ0n) is 8.59. The van der Waals surface area contributed by atoms with Gasteiger partial charge in [-0.05, 0) is 37.6 Å². The Morgan fingerprint density at radius 3 is 2.81 bits per heavy atom. The average molecular weight is 259 g/mol. The van der Waals surface area contributed by atoms with Crippen molar-refractivity contribution in [3.8, 4) is 0 Å². The van der Waals surface area contributed by atoms with Crippen LogP contribution in [0.4, 0.5) is 5.69 Å². The molecule has 1 saturated heterocycles. The topological polar surface area (TPSA) is 41.1 Å². The van der Waals surface area contributed by atoms with Crippen LogP contribution in [0.1, 0.15) is 12.8 Å². The molecule has 0 unspecified atom stereocenters. The fourth-order valence-corrected chi connectivity index (χ4v) is 2.01. The minimum atomic E-state index is -0.0885. The molecule has 1 atom stereocenters. The maximum atomic E-state index is 11.8. The van der Waals surface area contributed by atoms with Gasteiger partial charge in [0.25, 0.3) is 0 Å². The number of hydrogen-bond acceptors (Lipinski definition) is 2. The summed E-state index contributed by atoms with van der Waals surface area (Å²) in [4.78, 5) is 11.8. The second-order valence-electron chi connectivity index (χ2n) is 3.77. The predicted octanol–water partition coefficient (Wildman–Crippen LogP) is 2.68. The highest BCUT2D eigenvalue weighted by molar-refractivity contribution is 6.42. The van der Waals surface area contributed by atoms with Crippen molar-refractivity contribution in [1.82, 2.24) is 5.32 Å². The quantitative estimate of drug-likeness (QED) is 0.857. The third kappa shape index (κ3) is 2.67. The van der Waals surface area contributed by atoms with E-state index < -0.39 is 0 Å². The Labute approximate surface area is 104 Å². The van der Waals surface area contributed by atoms with E-state index in [2.05, 4.69) is 10.6 Å². The molecule has 0 radical (unpaired) electrons. The highest BCUT2D eigenvalue weighted by Crippen LogP contribution is 2.25. The molecule has 2 N–H and O–H groups in total. The summed E-state index contributed by atoms with van der Waals surface area (Å²) in [5.74, 6) is -0.0177. The van der Waals surface area contributed by atoms with Gasteiger partial charge >= 0.3 is 0 Å². The highest BCUT2D eigenvalue weighted by Gasteiger charge is 2.21. The van der Waals surface area contributed by atoms with Crippen molar-refractivity contribution in [2.24, 2.45) is 0 Å². The lowest BCUT2D eigenvalue weighted by Gasteiger charge is -2.11. The van der Waals surface area contributed by atoms with Crippen LogP contribution in [0.5, 0.6) is 0 Å². The standard InChI is InChI=1S/C11H12Cl2N2O/c12-8-4-3-7(6-9(8)13)15-11(16)10-2-1-5-14-10/h3-4,6,10,14H,1-2,5H2,(H,15,16)/t10-/m1/s1. The Hall–Kier alpha value is -0.770. The second kappa shape index (κ2) is 5.04. The molecule has 86 valence electrons. The molecule has 2 rings (SSSR count). The van der Waals surface area contributed by atoms with Crippen molar-refractivity contribution in [3.05, 3.63) is 28.2 Å². The zero-order chi connectivity index (χ0) is 11.5. The van der Waals surface area contributed by atoms with Gasteiger partial charge in [-0.1, -0.05) is 23.2 Å². The number of rotatable bonds is 2. The average Bonchev–Trinajstić information content (AvgIpc) is 2.77. The van der Waals surface area contributed by atoms with E-state index in [9.17, 15) is 4.79 Å². The van der Waals surface area contributed by atoms with Gasteiger partial charge in [0, 0.05) is 5.69 Å². The first-order valence-corrected chi connectivity index (χ1v) is 5.92. The largest absolute Gasteiger partial charge is 0.325 e. The van der Waals surface area contributed by atoms with Gasteiger partial charge in [0.2, 0.25) is 5.91 Å². The van der Waals surface area contributed by atoms with Gasteiger partial charge in [-0.2, -0.15) is 0 Å². The molecule has 0 aromatic heterocycles. The summed E-state index contributed by atoms with van der Waals surface area (Å²) in [7, 11) is 0. The lowest BCUT2D eigenvalue weighted by molar-refractivity contribution is -0.117. The molecule has 3 nitrogen and oxygen atoms in total. The molecule has 0 saturated carbocycles. The predicted molar refractivity (Wildman–Crippen MR) is 66.1 cm³/mol. The monoisotopic (exact) mass is 258 g/mol. The van der Waals surface area contributed by atoms with Crippen LogP contribution in [-0.4, -0.2) is 18.5 Å². The smallest absolute Gasteiger partial charge is 0.241 e. The van der Waals surface area contributed by atoms with E-state index in [1.54, 1.807) is 18.2 Å². The van der Waals surface area contributed by atoms with Gasteiger partial charge in [0.1, 0.15) is 0 Å².